The number of hydrogen-bond acceptors (Lipinski definition) is 9. The van der Waals surface area contributed by atoms with Crippen LogP contribution in [-0.2, 0) is 0 Å². The highest BCUT2D eigenvalue weighted by Crippen LogP contribution is 2.29. The minimum Gasteiger partial charge on any atom is -0.469 e. The Morgan fingerprint density at radius 2 is 1.92 bits per heavy atom. The van der Waals surface area contributed by atoms with Gasteiger partial charge in [0.05, 0.1) is 11.8 Å². The lowest BCUT2D eigenvalue weighted by Crippen LogP contribution is -2.15. The molecular formula is C15H18N6O2S. The second-order valence-corrected chi connectivity index (χ2v) is 6.61. The van der Waals surface area contributed by atoms with Gasteiger partial charge in [-0.25, -0.2) is 4.98 Å². The monoisotopic (exact) mass is 346 g/mol. The van der Waals surface area contributed by atoms with E-state index in [1.165, 1.54) is 11.8 Å². The number of hydrogen-bond donors (Lipinski definition) is 0. The predicted octanol–water partition coefficient (Wildman–Crippen LogP) is 3.16. The van der Waals surface area contributed by atoms with E-state index in [1.54, 1.807) is 12.3 Å². The van der Waals surface area contributed by atoms with Crippen LogP contribution in [0, 0.1) is 6.92 Å². The van der Waals surface area contributed by atoms with Crippen LogP contribution in [-0.4, -0.2) is 39.2 Å². The van der Waals surface area contributed by atoms with Crippen molar-refractivity contribution in [3.63, 3.8) is 0 Å². The fourth-order valence-electron chi connectivity index (χ4n) is 1.91. The van der Waals surface area contributed by atoms with E-state index >= 15 is 0 Å². The summed E-state index contributed by atoms with van der Waals surface area (Å²) in [5.74, 6) is 2.66. The summed E-state index contributed by atoms with van der Waals surface area (Å²) in [6, 6.07) is 1.79. The van der Waals surface area contributed by atoms with Gasteiger partial charge in [0.2, 0.25) is 11.1 Å². The van der Waals surface area contributed by atoms with Gasteiger partial charge in [-0.15, -0.1) is 10.2 Å². The van der Waals surface area contributed by atoms with Gasteiger partial charge >= 0.3 is 0 Å². The number of aryl methyl sites for hydroxylation is 1. The molecule has 0 fully saturated rings. The molecule has 0 aromatic carbocycles. The minimum atomic E-state index is 0.192. The van der Waals surface area contributed by atoms with Crippen LogP contribution >= 0.6 is 11.8 Å². The quantitative estimate of drug-likeness (QED) is 0.690. The molecule has 0 saturated heterocycles. The summed E-state index contributed by atoms with van der Waals surface area (Å²) < 4.78 is 10.9. The lowest BCUT2D eigenvalue weighted by Gasteiger charge is -2.13. The van der Waals surface area contributed by atoms with Gasteiger partial charge in [-0.1, -0.05) is 13.8 Å². The molecule has 0 atom stereocenters. The van der Waals surface area contributed by atoms with Crippen LogP contribution in [0.1, 0.15) is 31.4 Å². The summed E-state index contributed by atoms with van der Waals surface area (Å²) >= 11 is 1.21. The third kappa shape index (κ3) is 3.40. The van der Waals surface area contributed by atoms with Crippen LogP contribution < -0.4 is 4.90 Å². The summed E-state index contributed by atoms with van der Waals surface area (Å²) in [6.07, 6.45) is 1.59. The Balaban J connectivity index is 1.88. The van der Waals surface area contributed by atoms with E-state index in [-0.39, 0.29) is 5.92 Å². The lowest BCUT2D eigenvalue weighted by molar-refractivity contribution is 0.462. The van der Waals surface area contributed by atoms with Crippen LogP contribution in [0.25, 0.3) is 11.5 Å². The highest BCUT2D eigenvalue weighted by molar-refractivity contribution is 7.98. The normalized spacial score (nSPS) is 11.2. The standard InChI is InChI=1S/C15H18N6O2S/c1-8(2)11-16-13(21(4)5)18-14(17-11)24-15-20-19-12(23-15)10-6-7-22-9(10)3/h6-8H,1-5H3. The Morgan fingerprint density at radius 3 is 2.54 bits per heavy atom. The van der Waals surface area contributed by atoms with E-state index < -0.39 is 0 Å². The molecule has 0 aliphatic rings. The molecule has 126 valence electrons. The van der Waals surface area contributed by atoms with Gasteiger partial charge in [-0.2, -0.15) is 9.97 Å². The lowest BCUT2D eigenvalue weighted by atomic mass is 10.2. The van der Waals surface area contributed by atoms with E-state index in [2.05, 4.69) is 25.1 Å². The van der Waals surface area contributed by atoms with Crippen molar-refractivity contribution in [1.29, 1.82) is 0 Å². The molecular weight excluding hydrogens is 328 g/mol. The fraction of sp³-hybridized carbons (Fsp3) is 0.400. The number of furan rings is 1. The largest absolute Gasteiger partial charge is 0.469 e. The Hall–Kier alpha value is -2.42. The molecule has 0 spiro atoms. The Kier molecular flexibility index (Phi) is 4.52. The smallest absolute Gasteiger partial charge is 0.284 e. The topological polar surface area (TPSA) is 94.0 Å². The Labute approximate surface area is 143 Å². The molecule has 0 amide bonds. The molecule has 8 nitrogen and oxygen atoms in total. The zero-order valence-corrected chi connectivity index (χ0v) is 15.0. The van der Waals surface area contributed by atoms with Crippen molar-refractivity contribution in [3.05, 3.63) is 23.9 Å². The molecule has 0 aliphatic heterocycles. The number of rotatable bonds is 5. The maximum atomic E-state index is 5.68. The average Bonchev–Trinajstić information content (AvgIpc) is 3.15. The van der Waals surface area contributed by atoms with Crippen molar-refractivity contribution in [3.8, 4) is 11.5 Å². The van der Waals surface area contributed by atoms with Gasteiger partial charge < -0.3 is 13.7 Å². The zero-order valence-electron chi connectivity index (χ0n) is 14.1. The average molecular weight is 346 g/mol. The number of nitrogens with zero attached hydrogens (tertiary/aromatic N) is 6. The molecule has 3 heterocycles. The maximum Gasteiger partial charge on any atom is 0.284 e. The van der Waals surface area contributed by atoms with Gasteiger partial charge in [-0.05, 0) is 13.0 Å². The number of anilines is 1. The van der Waals surface area contributed by atoms with Crippen LogP contribution in [0.2, 0.25) is 0 Å². The summed E-state index contributed by atoms with van der Waals surface area (Å²) in [4.78, 5) is 15.2. The molecule has 0 radical (unpaired) electrons. The second kappa shape index (κ2) is 6.60. The number of aromatic nitrogens is 5. The van der Waals surface area contributed by atoms with Crippen LogP contribution in [0.5, 0.6) is 0 Å². The zero-order chi connectivity index (χ0) is 17.3. The second-order valence-electron chi connectivity index (χ2n) is 5.69. The highest BCUT2D eigenvalue weighted by Gasteiger charge is 2.17. The Bertz CT molecular complexity index is 816. The van der Waals surface area contributed by atoms with Crippen molar-refractivity contribution in [1.82, 2.24) is 25.1 Å². The van der Waals surface area contributed by atoms with Crippen molar-refractivity contribution in [2.24, 2.45) is 0 Å². The molecule has 24 heavy (non-hydrogen) atoms. The first-order valence-corrected chi connectivity index (χ1v) is 8.25. The van der Waals surface area contributed by atoms with Crippen molar-refractivity contribution in [2.75, 3.05) is 19.0 Å². The van der Waals surface area contributed by atoms with Crippen LogP contribution in [0.15, 0.2) is 31.5 Å². The molecule has 0 N–H and O–H groups in total. The van der Waals surface area contributed by atoms with E-state index in [4.69, 9.17) is 8.83 Å². The third-order valence-corrected chi connectivity index (χ3v) is 3.92. The molecule has 9 heteroatoms. The van der Waals surface area contributed by atoms with Gasteiger partial charge in [0.15, 0.2) is 0 Å². The first kappa shape index (κ1) is 16.4. The summed E-state index contributed by atoms with van der Waals surface area (Å²) in [5.41, 5.74) is 0.779. The van der Waals surface area contributed by atoms with Crippen molar-refractivity contribution in [2.45, 2.75) is 37.1 Å². The Morgan fingerprint density at radius 1 is 1.12 bits per heavy atom. The van der Waals surface area contributed by atoms with E-state index in [9.17, 15) is 0 Å². The highest BCUT2D eigenvalue weighted by atomic mass is 32.2. The van der Waals surface area contributed by atoms with Crippen molar-refractivity contribution < 1.29 is 8.83 Å². The van der Waals surface area contributed by atoms with Gasteiger partial charge in [-0.3, -0.25) is 0 Å². The fourth-order valence-corrected chi connectivity index (χ4v) is 2.53. The molecule has 0 unspecified atom stereocenters. The third-order valence-electron chi connectivity index (χ3n) is 3.21. The first-order chi connectivity index (χ1) is 11.4. The van der Waals surface area contributed by atoms with Gasteiger partial charge in [0.1, 0.15) is 11.6 Å². The van der Waals surface area contributed by atoms with Gasteiger partial charge in [0.25, 0.3) is 11.1 Å². The molecule has 0 aliphatic carbocycles. The van der Waals surface area contributed by atoms with Crippen LogP contribution in [0.4, 0.5) is 5.95 Å². The van der Waals surface area contributed by atoms with E-state index in [0.29, 0.717) is 22.2 Å². The SMILES string of the molecule is Cc1occc1-c1nnc(Sc2nc(C(C)C)nc(N(C)C)n2)o1. The van der Waals surface area contributed by atoms with E-state index in [1.807, 2.05) is 39.8 Å². The summed E-state index contributed by atoms with van der Waals surface area (Å²) in [5, 5.41) is 9.00. The molecule has 0 bridgehead atoms. The predicted molar refractivity (Wildman–Crippen MR) is 89.1 cm³/mol. The van der Waals surface area contributed by atoms with Gasteiger partial charge in [0, 0.05) is 31.8 Å². The summed E-state index contributed by atoms with van der Waals surface area (Å²) in [6.45, 7) is 5.92. The minimum absolute atomic E-state index is 0.192. The van der Waals surface area contributed by atoms with Crippen LogP contribution in [0.3, 0.4) is 0 Å². The van der Waals surface area contributed by atoms with E-state index in [0.717, 1.165) is 17.1 Å². The summed E-state index contributed by atoms with van der Waals surface area (Å²) in [7, 11) is 3.78. The van der Waals surface area contributed by atoms with Crippen molar-refractivity contribution >= 4 is 17.7 Å². The molecule has 3 aromatic heterocycles. The first-order valence-electron chi connectivity index (χ1n) is 7.43. The molecule has 0 saturated carbocycles. The molecule has 3 rings (SSSR count). The maximum absolute atomic E-state index is 5.68. The molecule has 3 aromatic rings.